The molecule has 0 bridgehead atoms. The number of hydrogen-bond acceptors (Lipinski definition) is 5. The van der Waals surface area contributed by atoms with Gasteiger partial charge in [-0.3, -0.25) is 9.78 Å². The first-order valence-corrected chi connectivity index (χ1v) is 8.81. The second kappa shape index (κ2) is 8.22. The number of aromatic nitrogens is 2. The van der Waals surface area contributed by atoms with E-state index in [9.17, 15) is 4.79 Å². The Balaban J connectivity index is 1.61. The Morgan fingerprint density at radius 3 is 2.67 bits per heavy atom. The Bertz CT molecular complexity index is 918. The zero-order valence-corrected chi connectivity index (χ0v) is 16.2. The van der Waals surface area contributed by atoms with Gasteiger partial charge < -0.3 is 14.2 Å². The number of pyridine rings is 1. The van der Waals surface area contributed by atoms with Gasteiger partial charge in [0.1, 0.15) is 12.4 Å². The summed E-state index contributed by atoms with van der Waals surface area (Å²) in [4.78, 5) is 18.1. The van der Waals surface area contributed by atoms with Crippen LogP contribution in [0.25, 0.3) is 0 Å². The van der Waals surface area contributed by atoms with Crippen LogP contribution >= 0.6 is 11.6 Å². The van der Waals surface area contributed by atoms with E-state index in [0.717, 1.165) is 21.7 Å². The van der Waals surface area contributed by atoms with E-state index in [0.29, 0.717) is 18.1 Å². The fourth-order valence-electron chi connectivity index (χ4n) is 2.66. The van der Waals surface area contributed by atoms with E-state index in [1.54, 1.807) is 30.4 Å². The third-order valence-electron chi connectivity index (χ3n) is 4.06. The molecular weight excluding hydrogens is 366 g/mol. The molecule has 3 aromatic rings. The number of hydrogen-bond donors (Lipinski definition) is 0. The Morgan fingerprint density at radius 1 is 1.26 bits per heavy atom. The van der Waals surface area contributed by atoms with Crippen LogP contribution in [-0.2, 0) is 13.2 Å². The maximum absolute atomic E-state index is 12.5. The summed E-state index contributed by atoms with van der Waals surface area (Å²) in [6, 6.07) is 9.06. The quantitative estimate of drug-likeness (QED) is 0.636. The van der Waals surface area contributed by atoms with Crippen LogP contribution < -0.4 is 4.74 Å². The average molecular weight is 386 g/mol. The van der Waals surface area contributed by atoms with Crippen LogP contribution in [0.2, 0.25) is 5.02 Å². The van der Waals surface area contributed by atoms with E-state index >= 15 is 0 Å². The lowest BCUT2D eigenvalue weighted by atomic mass is 10.1. The van der Waals surface area contributed by atoms with Crippen molar-refractivity contribution in [2.24, 2.45) is 0 Å². The van der Waals surface area contributed by atoms with E-state index in [1.165, 1.54) is 0 Å². The average Bonchev–Trinajstić information content (AvgIpc) is 3.13. The van der Waals surface area contributed by atoms with Crippen molar-refractivity contribution in [3.63, 3.8) is 0 Å². The van der Waals surface area contributed by atoms with E-state index in [-0.39, 0.29) is 18.2 Å². The second-order valence-corrected chi connectivity index (χ2v) is 6.74. The number of nitrogens with zero attached hydrogens (tertiary/aromatic N) is 3. The SMILES string of the molecule is Cc1cc(OCc2cc(C(=O)N(C)Cc3cccnc3)no2)cc(C)c1Cl. The van der Waals surface area contributed by atoms with Crippen molar-refractivity contribution >= 4 is 17.5 Å². The third-order valence-corrected chi connectivity index (χ3v) is 4.65. The molecule has 0 aliphatic rings. The van der Waals surface area contributed by atoms with Crippen molar-refractivity contribution < 1.29 is 14.1 Å². The highest BCUT2D eigenvalue weighted by molar-refractivity contribution is 6.32. The van der Waals surface area contributed by atoms with Gasteiger partial charge in [0.25, 0.3) is 5.91 Å². The van der Waals surface area contributed by atoms with Gasteiger partial charge in [0.15, 0.2) is 11.5 Å². The summed E-state index contributed by atoms with van der Waals surface area (Å²) in [5, 5.41) is 4.59. The normalized spacial score (nSPS) is 10.7. The molecule has 1 aromatic carbocycles. The smallest absolute Gasteiger partial charge is 0.276 e. The molecule has 140 valence electrons. The van der Waals surface area contributed by atoms with Crippen molar-refractivity contribution in [2.45, 2.75) is 27.0 Å². The molecule has 0 aliphatic heterocycles. The maximum atomic E-state index is 12.5. The monoisotopic (exact) mass is 385 g/mol. The molecule has 0 radical (unpaired) electrons. The number of benzene rings is 1. The van der Waals surface area contributed by atoms with Crippen LogP contribution in [0.15, 0.2) is 47.2 Å². The minimum absolute atomic E-state index is 0.174. The molecule has 0 N–H and O–H groups in total. The predicted octanol–water partition coefficient (Wildman–Crippen LogP) is 4.19. The van der Waals surface area contributed by atoms with Crippen LogP contribution in [-0.4, -0.2) is 28.0 Å². The topological polar surface area (TPSA) is 68.5 Å². The fraction of sp³-hybridized carbons (Fsp3) is 0.250. The van der Waals surface area contributed by atoms with Gasteiger partial charge >= 0.3 is 0 Å². The van der Waals surface area contributed by atoms with Crippen molar-refractivity contribution in [1.29, 1.82) is 0 Å². The lowest BCUT2D eigenvalue weighted by Gasteiger charge is -2.15. The number of carbonyl (C=O) groups excluding carboxylic acids is 1. The van der Waals surface area contributed by atoms with Crippen LogP contribution in [0.3, 0.4) is 0 Å². The van der Waals surface area contributed by atoms with Gasteiger partial charge in [-0.25, -0.2) is 0 Å². The van der Waals surface area contributed by atoms with Gasteiger partial charge in [0.2, 0.25) is 0 Å². The number of ether oxygens (including phenoxy) is 1. The first kappa shape index (κ1) is 18.9. The molecule has 27 heavy (non-hydrogen) atoms. The second-order valence-electron chi connectivity index (χ2n) is 6.36. The first-order chi connectivity index (χ1) is 12.9. The molecule has 0 saturated carbocycles. The molecule has 0 atom stereocenters. The zero-order chi connectivity index (χ0) is 19.4. The number of carbonyl (C=O) groups is 1. The van der Waals surface area contributed by atoms with E-state index < -0.39 is 0 Å². The minimum atomic E-state index is -0.230. The van der Waals surface area contributed by atoms with E-state index in [1.807, 2.05) is 38.1 Å². The highest BCUT2D eigenvalue weighted by Gasteiger charge is 2.17. The summed E-state index contributed by atoms with van der Waals surface area (Å²) in [5.74, 6) is 0.929. The van der Waals surface area contributed by atoms with Gasteiger partial charge in [-0.2, -0.15) is 0 Å². The Labute approximate surface area is 162 Å². The lowest BCUT2D eigenvalue weighted by molar-refractivity contribution is 0.0774. The largest absolute Gasteiger partial charge is 0.486 e. The van der Waals surface area contributed by atoms with Crippen LogP contribution in [0, 0.1) is 13.8 Å². The molecular formula is C20H20ClN3O3. The molecule has 2 heterocycles. The van der Waals surface area contributed by atoms with Crippen molar-refractivity contribution in [2.75, 3.05) is 7.05 Å². The summed E-state index contributed by atoms with van der Waals surface area (Å²) in [6.07, 6.45) is 3.42. The summed E-state index contributed by atoms with van der Waals surface area (Å²) in [7, 11) is 1.71. The molecule has 1 amide bonds. The van der Waals surface area contributed by atoms with Gasteiger partial charge in [-0.15, -0.1) is 0 Å². The fourth-order valence-corrected chi connectivity index (χ4v) is 2.77. The number of halogens is 1. The number of amides is 1. The van der Waals surface area contributed by atoms with Crippen LogP contribution in [0.5, 0.6) is 5.75 Å². The summed E-state index contributed by atoms with van der Waals surface area (Å²) in [6.45, 7) is 4.46. The Hall–Kier alpha value is -2.86. The Morgan fingerprint density at radius 2 is 2.00 bits per heavy atom. The Kier molecular flexibility index (Phi) is 5.76. The zero-order valence-electron chi connectivity index (χ0n) is 15.4. The van der Waals surface area contributed by atoms with Crippen molar-refractivity contribution in [3.05, 3.63) is 75.9 Å². The van der Waals surface area contributed by atoms with Gasteiger partial charge in [-0.1, -0.05) is 22.8 Å². The van der Waals surface area contributed by atoms with E-state index in [2.05, 4.69) is 10.1 Å². The highest BCUT2D eigenvalue weighted by Crippen LogP contribution is 2.26. The van der Waals surface area contributed by atoms with Crippen molar-refractivity contribution in [3.8, 4) is 5.75 Å². The lowest BCUT2D eigenvalue weighted by Crippen LogP contribution is -2.26. The standard InChI is InChI=1S/C20H20ClN3O3/c1-13-7-16(8-14(2)19(13)21)26-12-17-9-18(23-27-17)20(25)24(3)11-15-5-4-6-22-10-15/h4-10H,11-12H2,1-3H3. The number of rotatable bonds is 6. The summed E-state index contributed by atoms with van der Waals surface area (Å²) >= 11 is 6.16. The molecule has 3 rings (SSSR count). The maximum Gasteiger partial charge on any atom is 0.276 e. The molecule has 6 nitrogen and oxygen atoms in total. The van der Waals surface area contributed by atoms with E-state index in [4.69, 9.17) is 20.9 Å². The summed E-state index contributed by atoms with van der Waals surface area (Å²) in [5.41, 5.74) is 3.06. The van der Waals surface area contributed by atoms with Crippen LogP contribution in [0.1, 0.15) is 32.9 Å². The van der Waals surface area contributed by atoms with Crippen LogP contribution in [0.4, 0.5) is 0 Å². The molecule has 0 saturated heterocycles. The van der Waals surface area contributed by atoms with Gasteiger partial charge in [0, 0.05) is 37.1 Å². The predicted molar refractivity (Wildman–Crippen MR) is 102 cm³/mol. The molecule has 0 fully saturated rings. The first-order valence-electron chi connectivity index (χ1n) is 8.43. The van der Waals surface area contributed by atoms with Gasteiger partial charge in [0.05, 0.1) is 0 Å². The van der Waals surface area contributed by atoms with Gasteiger partial charge in [-0.05, 0) is 48.7 Å². The molecule has 2 aromatic heterocycles. The highest BCUT2D eigenvalue weighted by atomic mass is 35.5. The molecule has 0 aliphatic carbocycles. The molecule has 0 unspecified atom stereocenters. The minimum Gasteiger partial charge on any atom is -0.486 e. The molecule has 7 heteroatoms. The molecule has 0 spiro atoms. The summed E-state index contributed by atoms with van der Waals surface area (Å²) < 4.78 is 11.0. The third kappa shape index (κ3) is 4.65. The van der Waals surface area contributed by atoms with Crippen molar-refractivity contribution in [1.82, 2.24) is 15.0 Å². The number of aryl methyl sites for hydroxylation is 2.